The second kappa shape index (κ2) is 7.09. The Bertz CT molecular complexity index is 435. The van der Waals surface area contributed by atoms with Crippen molar-refractivity contribution in [1.29, 1.82) is 0 Å². The molecule has 0 aliphatic rings. The van der Waals surface area contributed by atoms with Crippen molar-refractivity contribution in [2.45, 2.75) is 26.7 Å². The van der Waals surface area contributed by atoms with Crippen LogP contribution in [0.4, 0.5) is 10.1 Å². The van der Waals surface area contributed by atoms with E-state index in [2.05, 4.69) is 19.2 Å². The summed E-state index contributed by atoms with van der Waals surface area (Å²) in [6, 6.07) is 3.75. The van der Waals surface area contributed by atoms with Gasteiger partial charge in [-0.2, -0.15) is 0 Å². The predicted octanol–water partition coefficient (Wildman–Crippen LogP) is 2.48. The van der Waals surface area contributed by atoms with E-state index in [-0.39, 0.29) is 11.8 Å². The van der Waals surface area contributed by atoms with E-state index in [1.54, 1.807) is 0 Å². The molecule has 0 aliphatic heterocycles. The summed E-state index contributed by atoms with van der Waals surface area (Å²) in [5.41, 5.74) is 5.97. The smallest absolute Gasteiger partial charge is 0.224 e. The Balaban J connectivity index is 2.56. The van der Waals surface area contributed by atoms with Gasteiger partial charge >= 0.3 is 0 Å². The van der Waals surface area contributed by atoms with Crippen LogP contribution >= 0.6 is 0 Å². The minimum atomic E-state index is -0.754. The Labute approximate surface area is 112 Å². The second-order valence-corrected chi connectivity index (χ2v) is 5.15. The lowest BCUT2D eigenvalue weighted by Crippen LogP contribution is -2.23. The highest BCUT2D eigenvalue weighted by molar-refractivity contribution is 5.90. The summed E-state index contributed by atoms with van der Waals surface area (Å²) in [6.45, 7) is 4.61. The fraction of sp³-hybridized carbons (Fsp3) is 0.500. The van der Waals surface area contributed by atoms with E-state index >= 15 is 0 Å². The maximum atomic E-state index is 13.1. The van der Waals surface area contributed by atoms with Gasteiger partial charge < -0.3 is 16.2 Å². The fourth-order valence-corrected chi connectivity index (χ4v) is 1.99. The number of rotatable bonds is 6. The number of carbonyl (C=O) groups is 1. The molecule has 0 radical (unpaired) electrons. The first kappa shape index (κ1) is 15.4. The van der Waals surface area contributed by atoms with Crippen LogP contribution in [0.25, 0.3) is 0 Å². The van der Waals surface area contributed by atoms with Crippen LogP contribution in [0.1, 0.15) is 26.7 Å². The van der Waals surface area contributed by atoms with Crippen LogP contribution in [-0.2, 0) is 4.79 Å². The van der Waals surface area contributed by atoms with Crippen molar-refractivity contribution in [2.24, 2.45) is 17.6 Å². The third kappa shape index (κ3) is 5.26. The molecule has 0 aromatic heterocycles. The van der Waals surface area contributed by atoms with Gasteiger partial charge in [0.1, 0.15) is 0 Å². The highest BCUT2D eigenvalue weighted by Crippen LogP contribution is 2.20. The van der Waals surface area contributed by atoms with E-state index < -0.39 is 11.6 Å². The van der Waals surface area contributed by atoms with Gasteiger partial charge in [0, 0.05) is 18.2 Å². The molecule has 0 saturated heterocycles. The standard InChI is InChI=1S/C14H21FN2O2/c1-9(2)5-10(8-16)6-14(19)17-11-3-4-13(18)12(15)7-11/h3-4,7,9-10,18H,5-6,8,16H2,1-2H3,(H,17,19). The lowest BCUT2D eigenvalue weighted by Gasteiger charge is -2.16. The molecule has 1 aromatic carbocycles. The van der Waals surface area contributed by atoms with Crippen LogP contribution in [-0.4, -0.2) is 17.6 Å². The first-order valence-corrected chi connectivity index (χ1v) is 6.40. The monoisotopic (exact) mass is 268 g/mol. The number of hydrogen-bond donors (Lipinski definition) is 3. The van der Waals surface area contributed by atoms with E-state index in [0.29, 0.717) is 24.6 Å². The summed E-state index contributed by atoms with van der Waals surface area (Å²) in [4.78, 5) is 11.8. The molecule has 106 valence electrons. The number of halogens is 1. The first-order chi connectivity index (χ1) is 8.92. The fourth-order valence-electron chi connectivity index (χ4n) is 1.99. The van der Waals surface area contributed by atoms with Crippen LogP contribution in [0.2, 0.25) is 0 Å². The van der Waals surface area contributed by atoms with Gasteiger partial charge in [0.25, 0.3) is 0 Å². The Morgan fingerprint density at radius 2 is 2.16 bits per heavy atom. The number of carbonyl (C=O) groups excluding carboxylic acids is 1. The number of hydrogen-bond acceptors (Lipinski definition) is 3. The number of phenols is 1. The molecule has 1 atom stereocenters. The normalized spacial score (nSPS) is 12.5. The van der Waals surface area contributed by atoms with E-state index in [1.807, 2.05) is 0 Å². The topological polar surface area (TPSA) is 75.4 Å². The van der Waals surface area contributed by atoms with Crippen molar-refractivity contribution in [2.75, 3.05) is 11.9 Å². The van der Waals surface area contributed by atoms with Crippen LogP contribution in [0, 0.1) is 17.7 Å². The number of phenolic OH excluding ortho intramolecular Hbond substituents is 1. The minimum absolute atomic E-state index is 0.127. The molecule has 0 saturated carbocycles. The van der Waals surface area contributed by atoms with Crippen molar-refractivity contribution in [3.05, 3.63) is 24.0 Å². The van der Waals surface area contributed by atoms with Gasteiger partial charge in [-0.1, -0.05) is 13.8 Å². The number of benzene rings is 1. The van der Waals surface area contributed by atoms with E-state index in [0.717, 1.165) is 12.5 Å². The largest absolute Gasteiger partial charge is 0.505 e. The number of nitrogens with two attached hydrogens (primary N) is 1. The van der Waals surface area contributed by atoms with Gasteiger partial charge in [-0.05, 0) is 36.9 Å². The van der Waals surface area contributed by atoms with Gasteiger partial charge in [0.05, 0.1) is 0 Å². The SMILES string of the molecule is CC(C)CC(CN)CC(=O)Nc1ccc(O)c(F)c1. The Hall–Kier alpha value is -1.62. The number of nitrogens with one attached hydrogen (secondary N) is 1. The predicted molar refractivity (Wildman–Crippen MR) is 73.3 cm³/mol. The maximum absolute atomic E-state index is 13.1. The summed E-state index contributed by atoms with van der Waals surface area (Å²) in [7, 11) is 0. The van der Waals surface area contributed by atoms with Crippen LogP contribution in [0.5, 0.6) is 5.75 Å². The Morgan fingerprint density at radius 3 is 2.68 bits per heavy atom. The van der Waals surface area contributed by atoms with Gasteiger partial charge in [-0.25, -0.2) is 4.39 Å². The zero-order chi connectivity index (χ0) is 14.4. The summed E-state index contributed by atoms with van der Waals surface area (Å²) >= 11 is 0. The highest BCUT2D eigenvalue weighted by atomic mass is 19.1. The summed E-state index contributed by atoms with van der Waals surface area (Å²) in [6.07, 6.45) is 1.20. The van der Waals surface area contributed by atoms with Crippen LogP contribution < -0.4 is 11.1 Å². The third-order valence-corrected chi connectivity index (χ3v) is 2.84. The molecule has 4 nitrogen and oxygen atoms in total. The van der Waals surface area contributed by atoms with Crippen molar-refractivity contribution in [1.82, 2.24) is 0 Å². The first-order valence-electron chi connectivity index (χ1n) is 6.40. The molecule has 0 spiro atoms. The summed E-state index contributed by atoms with van der Waals surface area (Å²) in [5.74, 6) is -0.774. The molecule has 1 rings (SSSR count). The molecule has 5 heteroatoms. The quantitative estimate of drug-likeness (QED) is 0.694. The molecule has 0 bridgehead atoms. The van der Waals surface area contributed by atoms with Gasteiger partial charge in [-0.3, -0.25) is 4.79 Å². The van der Waals surface area contributed by atoms with Crippen molar-refractivity contribution < 1.29 is 14.3 Å². The molecule has 1 aromatic rings. The molecule has 0 aliphatic carbocycles. The molecule has 0 fully saturated rings. The molecule has 19 heavy (non-hydrogen) atoms. The molecule has 4 N–H and O–H groups in total. The highest BCUT2D eigenvalue weighted by Gasteiger charge is 2.14. The van der Waals surface area contributed by atoms with Gasteiger partial charge in [0.15, 0.2) is 11.6 Å². The third-order valence-electron chi connectivity index (χ3n) is 2.84. The number of amides is 1. The molecular weight excluding hydrogens is 247 g/mol. The zero-order valence-corrected chi connectivity index (χ0v) is 11.3. The molecule has 1 unspecified atom stereocenters. The average molecular weight is 268 g/mol. The average Bonchev–Trinajstić information content (AvgIpc) is 2.32. The minimum Gasteiger partial charge on any atom is -0.505 e. The molecular formula is C14H21FN2O2. The van der Waals surface area contributed by atoms with Crippen molar-refractivity contribution in [3.63, 3.8) is 0 Å². The number of anilines is 1. The summed E-state index contributed by atoms with van der Waals surface area (Å²) < 4.78 is 13.1. The Kier molecular flexibility index (Phi) is 5.76. The lowest BCUT2D eigenvalue weighted by atomic mass is 9.94. The lowest BCUT2D eigenvalue weighted by molar-refractivity contribution is -0.117. The molecule has 1 amide bonds. The van der Waals surface area contributed by atoms with E-state index in [9.17, 15) is 9.18 Å². The maximum Gasteiger partial charge on any atom is 0.224 e. The molecule has 0 heterocycles. The number of aromatic hydroxyl groups is 1. The van der Waals surface area contributed by atoms with Crippen molar-refractivity contribution >= 4 is 11.6 Å². The van der Waals surface area contributed by atoms with E-state index in [1.165, 1.54) is 12.1 Å². The van der Waals surface area contributed by atoms with Gasteiger partial charge in [-0.15, -0.1) is 0 Å². The van der Waals surface area contributed by atoms with Crippen molar-refractivity contribution in [3.8, 4) is 5.75 Å². The zero-order valence-electron chi connectivity index (χ0n) is 11.3. The van der Waals surface area contributed by atoms with E-state index in [4.69, 9.17) is 10.8 Å². The van der Waals surface area contributed by atoms with Gasteiger partial charge in [0.2, 0.25) is 5.91 Å². The Morgan fingerprint density at radius 1 is 1.47 bits per heavy atom. The van der Waals surface area contributed by atoms with Crippen LogP contribution in [0.15, 0.2) is 18.2 Å². The second-order valence-electron chi connectivity index (χ2n) is 5.15. The van der Waals surface area contributed by atoms with Crippen LogP contribution in [0.3, 0.4) is 0 Å². The summed E-state index contributed by atoms with van der Waals surface area (Å²) in [5, 5.41) is 11.7.